The summed E-state index contributed by atoms with van der Waals surface area (Å²) in [6, 6.07) is 9.63. The molecular weight excluding hydrogens is 395 g/mol. The van der Waals surface area contributed by atoms with Crippen LogP contribution in [0.2, 0.25) is 0 Å². The number of carbonyl (C=O) groups is 1. The number of benzene rings is 1. The molecule has 0 radical (unpaired) electrons. The molecule has 0 aromatic heterocycles. The minimum Gasteiger partial charge on any atom is -0.463 e. The number of halogens is 1. The Hall–Kier alpha value is -2.01. The van der Waals surface area contributed by atoms with E-state index in [0.717, 1.165) is 9.13 Å². The van der Waals surface area contributed by atoms with Crippen LogP contribution in [0.3, 0.4) is 0 Å². The number of nitriles is 1. The third-order valence-electron chi connectivity index (χ3n) is 3.28. The fourth-order valence-electron chi connectivity index (χ4n) is 2.37. The maximum atomic E-state index is 12.3. The summed E-state index contributed by atoms with van der Waals surface area (Å²) in [6.45, 7) is 3.62. The summed E-state index contributed by atoms with van der Waals surface area (Å²) in [5, 5.41) is 9.43. The lowest BCUT2D eigenvalue weighted by Crippen LogP contribution is -2.25. The lowest BCUT2D eigenvalue weighted by molar-refractivity contribution is -0.139. The number of ether oxygens (including phenoxy) is 2. The second kappa shape index (κ2) is 6.83. The van der Waals surface area contributed by atoms with Crippen LogP contribution in [0.5, 0.6) is 0 Å². The largest absolute Gasteiger partial charge is 0.463 e. The van der Waals surface area contributed by atoms with Crippen LogP contribution in [0.1, 0.15) is 25.3 Å². The molecule has 0 fully saturated rings. The van der Waals surface area contributed by atoms with Gasteiger partial charge in [0.25, 0.3) is 0 Å². The van der Waals surface area contributed by atoms with Crippen LogP contribution in [-0.2, 0) is 14.3 Å². The van der Waals surface area contributed by atoms with Gasteiger partial charge in [-0.15, -0.1) is 0 Å². The Bertz CT molecular complexity index is 716. The number of carbonyl (C=O) groups excluding carboxylic acids is 1. The Morgan fingerprint density at radius 2 is 2.27 bits per heavy atom. The smallest absolute Gasteiger partial charge is 0.338 e. The Morgan fingerprint density at radius 3 is 2.86 bits per heavy atom. The Kier molecular flexibility index (Phi) is 5.08. The number of hydrogen-bond donors (Lipinski definition) is 1. The first kappa shape index (κ1) is 16.4. The van der Waals surface area contributed by atoms with Gasteiger partial charge in [0.15, 0.2) is 0 Å². The molecule has 1 aromatic carbocycles. The number of hydrogen-bond acceptors (Lipinski definition) is 5. The van der Waals surface area contributed by atoms with E-state index in [2.05, 4.69) is 28.7 Å². The molecule has 5 nitrogen and oxygen atoms in total. The van der Waals surface area contributed by atoms with E-state index in [1.165, 1.54) is 0 Å². The summed E-state index contributed by atoms with van der Waals surface area (Å²) in [6.07, 6.45) is 0. The van der Waals surface area contributed by atoms with E-state index in [4.69, 9.17) is 15.2 Å². The van der Waals surface area contributed by atoms with E-state index in [1.807, 2.05) is 24.3 Å². The maximum Gasteiger partial charge on any atom is 0.338 e. The molecule has 0 saturated heterocycles. The van der Waals surface area contributed by atoms with Crippen molar-refractivity contribution in [3.8, 4) is 6.07 Å². The van der Waals surface area contributed by atoms with Gasteiger partial charge in [-0.3, -0.25) is 0 Å². The van der Waals surface area contributed by atoms with E-state index in [-0.39, 0.29) is 18.1 Å². The predicted molar refractivity (Wildman–Crippen MR) is 89.1 cm³/mol. The first-order valence-electron chi connectivity index (χ1n) is 6.70. The first-order valence-corrected chi connectivity index (χ1v) is 7.78. The van der Waals surface area contributed by atoms with Gasteiger partial charge in [0.1, 0.15) is 17.4 Å². The summed E-state index contributed by atoms with van der Waals surface area (Å²) in [5.41, 5.74) is 7.16. The van der Waals surface area contributed by atoms with Crippen molar-refractivity contribution in [2.75, 3.05) is 6.61 Å². The van der Waals surface area contributed by atoms with Crippen LogP contribution in [0.25, 0.3) is 0 Å². The highest BCUT2D eigenvalue weighted by Crippen LogP contribution is 2.39. The third kappa shape index (κ3) is 3.09. The van der Waals surface area contributed by atoms with Crippen LogP contribution < -0.4 is 5.73 Å². The molecule has 1 aromatic rings. The van der Waals surface area contributed by atoms with E-state index in [0.29, 0.717) is 11.3 Å². The van der Waals surface area contributed by atoms with Gasteiger partial charge in [0.2, 0.25) is 5.88 Å². The summed E-state index contributed by atoms with van der Waals surface area (Å²) in [4.78, 5) is 12.3. The van der Waals surface area contributed by atoms with Crippen molar-refractivity contribution >= 4 is 28.6 Å². The van der Waals surface area contributed by atoms with Gasteiger partial charge in [-0.1, -0.05) is 12.1 Å². The van der Waals surface area contributed by atoms with Gasteiger partial charge in [0, 0.05) is 3.57 Å². The van der Waals surface area contributed by atoms with Crippen LogP contribution >= 0.6 is 22.6 Å². The Morgan fingerprint density at radius 1 is 1.55 bits per heavy atom. The number of nitrogens with zero attached hydrogens (tertiary/aromatic N) is 1. The van der Waals surface area contributed by atoms with Crippen molar-refractivity contribution in [2.45, 2.75) is 19.8 Å². The highest BCUT2D eigenvalue weighted by Gasteiger charge is 2.36. The van der Waals surface area contributed by atoms with Gasteiger partial charge in [-0.05, 0) is 54.1 Å². The molecule has 22 heavy (non-hydrogen) atoms. The van der Waals surface area contributed by atoms with Crippen molar-refractivity contribution in [1.29, 1.82) is 5.26 Å². The molecule has 1 heterocycles. The molecule has 0 spiro atoms. The molecule has 0 aliphatic carbocycles. The zero-order valence-electron chi connectivity index (χ0n) is 12.2. The van der Waals surface area contributed by atoms with Crippen molar-refractivity contribution in [3.63, 3.8) is 0 Å². The second-order valence-electron chi connectivity index (χ2n) is 4.67. The first-order chi connectivity index (χ1) is 10.5. The molecule has 0 saturated carbocycles. The lowest BCUT2D eigenvalue weighted by atomic mass is 9.83. The van der Waals surface area contributed by atoms with E-state index >= 15 is 0 Å². The molecule has 114 valence electrons. The van der Waals surface area contributed by atoms with Crippen LogP contribution in [-0.4, -0.2) is 12.6 Å². The van der Waals surface area contributed by atoms with E-state index < -0.39 is 11.9 Å². The Balaban J connectivity index is 2.62. The van der Waals surface area contributed by atoms with Crippen molar-refractivity contribution in [1.82, 2.24) is 0 Å². The SMILES string of the molecule is CCOC(=O)C1=C(C)OC(N)=C(C#N)C1c1cccc(I)c1. The van der Waals surface area contributed by atoms with Gasteiger partial charge in [-0.2, -0.15) is 5.26 Å². The Labute approximate surface area is 142 Å². The molecule has 1 unspecified atom stereocenters. The second-order valence-corrected chi connectivity index (χ2v) is 5.92. The standard InChI is InChI=1S/C16H15IN2O3/c1-3-21-16(20)13-9(2)22-15(19)12(8-18)14(13)10-5-4-6-11(17)7-10/h4-7,14H,3,19H2,1-2H3. The van der Waals surface area contributed by atoms with Crippen molar-refractivity contribution in [2.24, 2.45) is 5.73 Å². The summed E-state index contributed by atoms with van der Waals surface area (Å²) < 4.78 is 11.5. The average Bonchev–Trinajstić information content (AvgIpc) is 2.46. The monoisotopic (exact) mass is 410 g/mol. The molecule has 0 amide bonds. The van der Waals surface area contributed by atoms with Gasteiger partial charge in [0.05, 0.1) is 18.1 Å². The molecule has 2 N–H and O–H groups in total. The van der Waals surface area contributed by atoms with Gasteiger partial charge >= 0.3 is 5.97 Å². The minimum absolute atomic E-state index is 0.0249. The normalized spacial score (nSPS) is 17.8. The summed E-state index contributed by atoms with van der Waals surface area (Å²) in [7, 11) is 0. The molecule has 1 atom stereocenters. The fourth-order valence-corrected chi connectivity index (χ4v) is 2.94. The molecule has 1 aliphatic rings. The maximum absolute atomic E-state index is 12.3. The lowest BCUT2D eigenvalue weighted by Gasteiger charge is -2.26. The van der Waals surface area contributed by atoms with Crippen molar-refractivity contribution in [3.05, 3.63) is 56.2 Å². The highest BCUT2D eigenvalue weighted by atomic mass is 127. The molecule has 2 rings (SSSR count). The van der Waals surface area contributed by atoms with Crippen LogP contribution in [0.15, 0.2) is 47.1 Å². The third-order valence-corrected chi connectivity index (χ3v) is 3.95. The topological polar surface area (TPSA) is 85.3 Å². The minimum atomic E-state index is -0.576. The zero-order chi connectivity index (χ0) is 16.3. The average molecular weight is 410 g/mol. The van der Waals surface area contributed by atoms with Crippen LogP contribution in [0, 0.1) is 14.9 Å². The molecule has 0 bridgehead atoms. The van der Waals surface area contributed by atoms with E-state index in [9.17, 15) is 10.1 Å². The number of esters is 1. The molecule has 1 aliphatic heterocycles. The number of rotatable bonds is 3. The zero-order valence-corrected chi connectivity index (χ0v) is 14.4. The number of allylic oxidation sites excluding steroid dienone is 2. The fraction of sp³-hybridized carbons (Fsp3) is 0.250. The van der Waals surface area contributed by atoms with Crippen LogP contribution in [0.4, 0.5) is 0 Å². The quantitative estimate of drug-likeness (QED) is 0.612. The summed E-state index contributed by atoms with van der Waals surface area (Å²) in [5.74, 6) is -0.688. The molecular formula is C16H15IN2O3. The highest BCUT2D eigenvalue weighted by molar-refractivity contribution is 14.1. The number of nitrogens with two attached hydrogens (primary N) is 1. The predicted octanol–water partition coefficient (Wildman–Crippen LogP) is 2.94. The van der Waals surface area contributed by atoms with E-state index in [1.54, 1.807) is 13.8 Å². The van der Waals surface area contributed by atoms with Gasteiger partial charge < -0.3 is 15.2 Å². The summed E-state index contributed by atoms with van der Waals surface area (Å²) >= 11 is 2.18. The van der Waals surface area contributed by atoms with Crippen molar-refractivity contribution < 1.29 is 14.3 Å². The van der Waals surface area contributed by atoms with Gasteiger partial charge in [-0.25, -0.2) is 4.79 Å². The molecule has 6 heteroatoms.